The molecular formula is C28H46. The van der Waals surface area contributed by atoms with Crippen LogP contribution in [0.4, 0.5) is 0 Å². The highest BCUT2D eigenvalue weighted by Crippen LogP contribution is 2.72. The average molecular weight is 383 g/mol. The van der Waals surface area contributed by atoms with Gasteiger partial charge in [-0.25, -0.2) is 0 Å². The lowest BCUT2D eigenvalue weighted by molar-refractivity contribution is 0.0436. The molecule has 0 saturated heterocycles. The Bertz CT molecular complexity index is 622. The lowest BCUT2D eigenvalue weighted by Crippen LogP contribution is -2.37. The number of hydrogen-bond donors (Lipinski definition) is 0. The molecular weight excluding hydrogens is 336 g/mol. The molecule has 7 aliphatic rings. The molecule has 12 atom stereocenters. The second kappa shape index (κ2) is 6.26. The monoisotopic (exact) mass is 382 g/mol. The van der Waals surface area contributed by atoms with E-state index in [9.17, 15) is 0 Å². The Morgan fingerprint density at radius 2 is 1.21 bits per heavy atom. The van der Waals surface area contributed by atoms with Crippen LogP contribution in [-0.2, 0) is 0 Å². The summed E-state index contributed by atoms with van der Waals surface area (Å²) in [5, 5.41) is 0. The molecule has 0 spiro atoms. The first-order valence-corrected chi connectivity index (χ1v) is 13.5. The van der Waals surface area contributed by atoms with E-state index in [0.717, 1.165) is 40.4 Å². The Morgan fingerprint density at radius 3 is 1.96 bits per heavy atom. The van der Waals surface area contributed by atoms with Crippen molar-refractivity contribution in [2.24, 2.45) is 70.0 Å². The average Bonchev–Trinajstić information content (AvgIpc) is 3.50. The molecule has 0 heterocycles. The maximum atomic E-state index is 2.60. The van der Waals surface area contributed by atoms with Crippen molar-refractivity contribution < 1.29 is 0 Å². The van der Waals surface area contributed by atoms with Crippen LogP contribution in [0.2, 0.25) is 0 Å². The van der Waals surface area contributed by atoms with Crippen molar-refractivity contribution in [3.05, 3.63) is 0 Å². The molecule has 7 saturated carbocycles. The Morgan fingerprint density at radius 1 is 0.607 bits per heavy atom. The lowest BCUT2D eigenvalue weighted by Gasteiger charge is -2.44. The molecule has 6 bridgehead atoms. The van der Waals surface area contributed by atoms with Crippen LogP contribution >= 0.6 is 0 Å². The second-order valence-electron chi connectivity index (χ2n) is 13.4. The van der Waals surface area contributed by atoms with Crippen LogP contribution in [0.3, 0.4) is 0 Å². The van der Waals surface area contributed by atoms with Gasteiger partial charge in [-0.1, -0.05) is 47.0 Å². The van der Waals surface area contributed by atoms with E-state index in [1.807, 2.05) is 0 Å². The number of fused-ring (bicyclic) bond motifs is 14. The van der Waals surface area contributed by atoms with Gasteiger partial charge in [0.05, 0.1) is 0 Å². The smallest absolute Gasteiger partial charge is 0.0294 e. The van der Waals surface area contributed by atoms with Gasteiger partial charge >= 0.3 is 0 Å². The van der Waals surface area contributed by atoms with E-state index in [1.54, 1.807) is 64.2 Å². The maximum Gasteiger partial charge on any atom is -0.0294 e. The summed E-state index contributed by atoms with van der Waals surface area (Å²) in [7, 11) is 0. The summed E-state index contributed by atoms with van der Waals surface area (Å²) >= 11 is 0. The van der Waals surface area contributed by atoms with Gasteiger partial charge in [-0.3, -0.25) is 0 Å². The minimum absolute atomic E-state index is 0.746. The Labute approximate surface area is 175 Å². The Kier molecular flexibility index (Phi) is 4.19. The van der Waals surface area contributed by atoms with Gasteiger partial charge in [0.15, 0.2) is 0 Å². The van der Waals surface area contributed by atoms with E-state index in [4.69, 9.17) is 0 Å². The SMILES string of the molecule is CC[C@@]1(C)CC2CC1C1C3CCC(C3)C21.CC[C@@]1(C)CC2CC1C1CCCC21. The van der Waals surface area contributed by atoms with E-state index in [0.29, 0.717) is 0 Å². The van der Waals surface area contributed by atoms with Crippen LogP contribution < -0.4 is 0 Å². The zero-order valence-corrected chi connectivity index (χ0v) is 19.3. The molecule has 0 amide bonds. The first-order valence-electron chi connectivity index (χ1n) is 13.5. The summed E-state index contributed by atoms with van der Waals surface area (Å²) < 4.78 is 0. The molecule has 0 aromatic carbocycles. The molecule has 0 heteroatoms. The maximum absolute atomic E-state index is 2.60. The van der Waals surface area contributed by atoms with Crippen LogP contribution in [0.1, 0.15) is 105 Å². The van der Waals surface area contributed by atoms with E-state index < -0.39 is 0 Å². The van der Waals surface area contributed by atoms with Gasteiger partial charge in [-0.05, 0) is 128 Å². The van der Waals surface area contributed by atoms with Crippen molar-refractivity contribution in [3.8, 4) is 0 Å². The molecule has 7 fully saturated rings. The van der Waals surface area contributed by atoms with Crippen LogP contribution in [-0.4, -0.2) is 0 Å². The third-order valence-corrected chi connectivity index (χ3v) is 12.8. The zero-order valence-electron chi connectivity index (χ0n) is 19.3. The summed E-state index contributed by atoms with van der Waals surface area (Å²) in [6.07, 6.45) is 18.7. The van der Waals surface area contributed by atoms with E-state index >= 15 is 0 Å². The predicted octanol–water partition coefficient (Wildman–Crippen LogP) is 7.96. The number of hydrogen-bond acceptors (Lipinski definition) is 0. The van der Waals surface area contributed by atoms with Crippen LogP contribution in [0.5, 0.6) is 0 Å². The Balaban J connectivity index is 0.000000112. The molecule has 10 unspecified atom stereocenters. The fourth-order valence-electron chi connectivity index (χ4n) is 11.4. The highest BCUT2D eigenvalue weighted by molar-refractivity contribution is 5.13. The van der Waals surface area contributed by atoms with Gasteiger partial charge < -0.3 is 0 Å². The fourth-order valence-corrected chi connectivity index (χ4v) is 11.4. The summed E-state index contributed by atoms with van der Waals surface area (Å²) in [4.78, 5) is 0. The quantitative estimate of drug-likeness (QED) is 0.425. The molecule has 7 rings (SSSR count). The van der Waals surface area contributed by atoms with Gasteiger partial charge in [0.25, 0.3) is 0 Å². The molecule has 0 radical (unpaired) electrons. The van der Waals surface area contributed by atoms with E-state index in [-0.39, 0.29) is 0 Å². The molecule has 158 valence electrons. The molecule has 0 N–H and O–H groups in total. The van der Waals surface area contributed by atoms with Crippen molar-refractivity contribution in [1.82, 2.24) is 0 Å². The fraction of sp³-hybridized carbons (Fsp3) is 1.00. The standard InChI is InChI=1S/C15H24.C13H22/c1-3-15(2)8-11-7-12(15)14-10-5-4-9(6-10)13(11)14;1-3-13(2)8-9-7-12(13)11-6-4-5-10(9)11/h9-14H,3-8H2,1-2H3;9-12H,3-8H2,1-2H3/t9?,10?,11?,12?,13?,14?,15-;9?,10?,11?,12?,13-/m00/s1. The van der Waals surface area contributed by atoms with Gasteiger partial charge in [0.2, 0.25) is 0 Å². The third kappa shape index (κ3) is 2.36. The van der Waals surface area contributed by atoms with E-state index in [1.165, 1.54) is 42.4 Å². The first kappa shape index (κ1) is 18.7. The third-order valence-electron chi connectivity index (χ3n) is 12.8. The predicted molar refractivity (Wildman–Crippen MR) is 118 cm³/mol. The lowest BCUT2D eigenvalue weighted by atomic mass is 9.61. The highest BCUT2D eigenvalue weighted by Gasteiger charge is 2.64. The van der Waals surface area contributed by atoms with Crippen molar-refractivity contribution in [1.29, 1.82) is 0 Å². The van der Waals surface area contributed by atoms with Crippen molar-refractivity contribution in [2.75, 3.05) is 0 Å². The van der Waals surface area contributed by atoms with Gasteiger partial charge in [-0.2, -0.15) is 0 Å². The summed E-state index contributed by atoms with van der Waals surface area (Å²) in [5.41, 5.74) is 1.49. The number of rotatable bonds is 2. The van der Waals surface area contributed by atoms with Crippen LogP contribution in [0.15, 0.2) is 0 Å². The Hall–Kier alpha value is 0. The topological polar surface area (TPSA) is 0 Å². The second-order valence-corrected chi connectivity index (χ2v) is 13.4. The molecule has 0 aromatic rings. The molecule has 0 aliphatic heterocycles. The molecule has 0 aromatic heterocycles. The highest BCUT2D eigenvalue weighted by atomic mass is 14.7. The van der Waals surface area contributed by atoms with Crippen molar-refractivity contribution in [3.63, 3.8) is 0 Å². The van der Waals surface area contributed by atoms with Crippen molar-refractivity contribution >= 4 is 0 Å². The normalized spacial score (nSPS) is 62.1. The van der Waals surface area contributed by atoms with Crippen LogP contribution in [0.25, 0.3) is 0 Å². The summed E-state index contributed by atoms with van der Waals surface area (Å²) in [6.45, 7) is 10.00. The first-order chi connectivity index (χ1) is 13.5. The summed E-state index contributed by atoms with van der Waals surface area (Å²) in [6, 6.07) is 0. The summed E-state index contributed by atoms with van der Waals surface area (Å²) in [5.74, 6) is 11.6. The molecule has 28 heavy (non-hydrogen) atoms. The van der Waals surface area contributed by atoms with Gasteiger partial charge in [0.1, 0.15) is 0 Å². The minimum atomic E-state index is 0.746. The van der Waals surface area contributed by atoms with Crippen LogP contribution in [0, 0.1) is 70.0 Å². The largest absolute Gasteiger partial charge is 0.0649 e. The van der Waals surface area contributed by atoms with Gasteiger partial charge in [0, 0.05) is 0 Å². The molecule has 7 aliphatic carbocycles. The minimum Gasteiger partial charge on any atom is -0.0649 e. The zero-order chi connectivity index (χ0) is 19.3. The van der Waals surface area contributed by atoms with Gasteiger partial charge in [-0.15, -0.1) is 0 Å². The molecule has 0 nitrogen and oxygen atoms in total. The van der Waals surface area contributed by atoms with Crippen molar-refractivity contribution in [2.45, 2.75) is 105 Å². The van der Waals surface area contributed by atoms with E-state index in [2.05, 4.69) is 27.7 Å².